The largest absolute Gasteiger partial charge is 0.489 e. The zero-order valence-corrected chi connectivity index (χ0v) is 13.4. The smallest absolute Gasteiger partial charge is 0.254 e. The molecule has 1 heterocycles. The van der Waals surface area contributed by atoms with Crippen molar-refractivity contribution in [2.24, 2.45) is 0 Å². The minimum Gasteiger partial charge on any atom is -0.489 e. The van der Waals surface area contributed by atoms with Crippen LogP contribution in [0.1, 0.15) is 27.0 Å². The van der Waals surface area contributed by atoms with Crippen LogP contribution in [0.4, 0.5) is 0 Å². The Hall–Kier alpha value is -3.06. The molecule has 3 rings (SSSR count). The van der Waals surface area contributed by atoms with Crippen molar-refractivity contribution in [1.82, 2.24) is 4.90 Å². The van der Waals surface area contributed by atoms with Gasteiger partial charge in [0.2, 0.25) is 0 Å². The van der Waals surface area contributed by atoms with E-state index in [9.17, 15) is 4.79 Å². The van der Waals surface area contributed by atoms with Crippen LogP contribution in [0.2, 0.25) is 0 Å². The van der Waals surface area contributed by atoms with Crippen LogP contribution in [-0.2, 0) is 13.0 Å². The predicted molar refractivity (Wildman–Crippen MR) is 91.7 cm³/mol. The van der Waals surface area contributed by atoms with Gasteiger partial charge in [0.05, 0.1) is 11.6 Å². The van der Waals surface area contributed by atoms with E-state index in [0.717, 1.165) is 28.9 Å². The lowest BCUT2D eigenvalue weighted by Gasteiger charge is -2.27. The number of ether oxygens (including phenoxy) is 1. The lowest BCUT2D eigenvalue weighted by molar-refractivity contribution is 0.0759. The van der Waals surface area contributed by atoms with Gasteiger partial charge in [0, 0.05) is 18.7 Å². The van der Waals surface area contributed by atoms with E-state index >= 15 is 0 Å². The van der Waals surface area contributed by atoms with E-state index in [2.05, 4.69) is 12.6 Å². The summed E-state index contributed by atoms with van der Waals surface area (Å²) < 4.78 is 5.82. The van der Waals surface area contributed by atoms with Crippen molar-refractivity contribution in [1.29, 1.82) is 5.26 Å². The number of carbonyl (C=O) groups excluding carboxylic acids is 1. The molecule has 1 amide bonds. The molecule has 0 bridgehead atoms. The fourth-order valence-corrected chi connectivity index (χ4v) is 2.77. The first-order valence-corrected chi connectivity index (χ1v) is 7.86. The summed E-state index contributed by atoms with van der Waals surface area (Å²) in [5, 5.41) is 8.81. The van der Waals surface area contributed by atoms with Crippen LogP contribution in [0.25, 0.3) is 0 Å². The first kappa shape index (κ1) is 15.8. The number of benzene rings is 2. The molecule has 1 aliphatic rings. The maximum Gasteiger partial charge on any atom is 0.254 e. The third-order valence-electron chi connectivity index (χ3n) is 4.08. The highest BCUT2D eigenvalue weighted by molar-refractivity contribution is 5.97. The highest BCUT2D eigenvalue weighted by atomic mass is 16.5. The summed E-state index contributed by atoms with van der Waals surface area (Å²) in [5.74, 6) is 0.804. The van der Waals surface area contributed by atoms with Gasteiger partial charge in [-0.15, -0.1) is 6.58 Å². The number of fused-ring (bicyclic) bond motifs is 1. The van der Waals surface area contributed by atoms with Crippen molar-refractivity contribution in [3.63, 3.8) is 0 Å². The van der Waals surface area contributed by atoms with Gasteiger partial charge in [-0.05, 0) is 47.9 Å². The fraction of sp³-hybridized carbons (Fsp3) is 0.200. The third-order valence-corrected chi connectivity index (χ3v) is 4.08. The van der Waals surface area contributed by atoms with E-state index < -0.39 is 0 Å². The summed E-state index contributed by atoms with van der Waals surface area (Å²) in [6.45, 7) is 5.41. The molecule has 1 aliphatic heterocycles. The van der Waals surface area contributed by atoms with Gasteiger partial charge in [-0.3, -0.25) is 4.79 Å². The molecule has 24 heavy (non-hydrogen) atoms. The standard InChI is InChI=1S/C20H18N2O2/c1-2-10-22-11-9-17-12-18(7-8-19(17)20(22)23)24-14-16-5-3-15(13-21)4-6-16/h2-8,12H,1,9-11,14H2. The molecule has 2 aromatic rings. The topological polar surface area (TPSA) is 53.3 Å². The second-order valence-electron chi connectivity index (χ2n) is 5.71. The zero-order valence-electron chi connectivity index (χ0n) is 13.4. The predicted octanol–water partition coefficient (Wildman–Crippen LogP) is 3.32. The summed E-state index contributed by atoms with van der Waals surface area (Å²) in [5.41, 5.74) is 3.40. The van der Waals surface area contributed by atoms with Gasteiger partial charge in [-0.2, -0.15) is 5.26 Å². The molecule has 0 radical (unpaired) electrons. The van der Waals surface area contributed by atoms with Crippen molar-refractivity contribution in [3.8, 4) is 11.8 Å². The average molecular weight is 318 g/mol. The normalized spacial score (nSPS) is 13.1. The Morgan fingerprint density at radius 3 is 2.75 bits per heavy atom. The Bertz CT molecular complexity index is 803. The number of rotatable bonds is 5. The van der Waals surface area contributed by atoms with Crippen LogP contribution in [0.3, 0.4) is 0 Å². The van der Waals surface area contributed by atoms with Crippen LogP contribution >= 0.6 is 0 Å². The Morgan fingerprint density at radius 2 is 2.04 bits per heavy atom. The van der Waals surface area contributed by atoms with Crippen molar-refractivity contribution in [2.45, 2.75) is 13.0 Å². The van der Waals surface area contributed by atoms with Gasteiger partial charge < -0.3 is 9.64 Å². The summed E-state index contributed by atoms with van der Waals surface area (Å²) in [4.78, 5) is 14.2. The van der Waals surface area contributed by atoms with Crippen LogP contribution in [0.15, 0.2) is 55.1 Å². The fourth-order valence-electron chi connectivity index (χ4n) is 2.77. The summed E-state index contributed by atoms with van der Waals surface area (Å²) in [6.07, 6.45) is 2.57. The van der Waals surface area contributed by atoms with E-state index in [1.807, 2.05) is 30.3 Å². The van der Waals surface area contributed by atoms with Crippen LogP contribution in [0, 0.1) is 11.3 Å². The second kappa shape index (κ2) is 7.01. The molecule has 0 unspecified atom stereocenters. The van der Waals surface area contributed by atoms with Gasteiger partial charge in [-0.1, -0.05) is 18.2 Å². The maximum absolute atomic E-state index is 12.4. The van der Waals surface area contributed by atoms with Crippen molar-refractivity contribution >= 4 is 5.91 Å². The van der Waals surface area contributed by atoms with Crippen LogP contribution in [0.5, 0.6) is 5.75 Å². The molecule has 0 aliphatic carbocycles. The van der Waals surface area contributed by atoms with Crippen molar-refractivity contribution in [3.05, 3.63) is 77.4 Å². The highest BCUT2D eigenvalue weighted by Gasteiger charge is 2.23. The molecule has 120 valence electrons. The Labute approximate surface area is 141 Å². The van der Waals surface area contributed by atoms with E-state index in [1.165, 1.54) is 0 Å². The molecule has 0 spiro atoms. The minimum atomic E-state index is 0.0507. The molecule has 0 aromatic heterocycles. The van der Waals surface area contributed by atoms with E-state index in [0.29, 0.717) is 25.3 Å². The second-order valence-corrected chi connectivity index (χ2v) is 5.71. The molecule has 2 aromatic carbocycles. The number of amides is 1. The number of nitrogens with zero attached hydrogens (tertiary/aromatic N) is 2. The van der Waals surface area contributed by atoms with Gasteiger partial charge in [0.15, 0.2) is 0 Å². The average Bonchev–Trinajstić information content (AvgIpc) is 2.63. The SMILES string of the molecule is C=CCN1CCc2cc(OCc3ccc(C#N)cc3)ccc2C1=O. The van der Waals surface area contributed by atoms with Crippen molar-refractivity contribution in [2.75, 3.05) is 13.1 Å². The van der Waals surface area contributed by atoms with E-state index in [4.69, 9.17) is 10.00 Å². The Kier molecular flexibility index (Phi) is 4.62. The van der Waals surface area contributed by atoms with Crippen LogP contribution < -0.4 is 4.74 Å². The molecular formula is C20H18N2O2. The number of hydrogen-bond acceptors (Lipinski definition) is 3. The number of nitriles is 1. The summed E-state index contributed by atoms with van der Waals surface area (Å²) in [7, 11) is 0. The maximum atomic E-state index is 12.4. The monoisotopic (exact) mass is 318 g/mol. The van der Waals surface area contributed by atoms with Gasteiger partial charge in [-0.25, -0.2) is 0 Å². The first-order chi connectivity index (χ1) is 11.7. The molecule has 0 N–H and O–H groups in total. The molecular weight excluding hydrogens is 300 g/mol. The van der Waals surface area contributed by atoms with Crippen LogP contribution in [-0.4, -0.2) is 23.9 Å². The summed E-state index contributed by atoms with van der Waals surface area (Å²) >= 11 is 0. The lowest BCUT2D eigenvalue weighted by Crippen LogP contribution is -2.37. The molecule has 0 atom stereocenters. The third kappa shape index (κ3) is 3.31. The minimum absolute atomic E-state index is 0.0507. The van der Waals surface area contributed by atoms with E-state index in [-0.39, 0.29) is 5.91 Å². The van der Waals surface area contributed by atoms with Gasteiger partial charge in [0.25, 0.3) is 5.91 Å². The molecule has 4 nitrogen and oxygen atoms in total. The summed E-state index contributed by atoms with van der Waals surface area (Å²) in [6, 6.07) is 15.0. The first-order valence-electron chi connectivity index (χ1n) is 7.86. The number of hydrogen-bond donors (Lipinski definition) is 0. The van der Waals surface area contributed by atoms with Crippen molar-refractivity contribution < 1.29 is 9.53 Å². The quantitative estimate of drug-likeness (QED) is 0.795. The number of carbonyl (C=O) groups is 1. The Morgan fingerprint density at radius 1 is 1.25 bits per heavy atom. The van der Waals surface area contributed by atoms with E-state index in [1.54, 1.807) is 23.1 Å². The van der Waals surface area contributed by atoms with Gasteiger partial charge in [0.1, 0.15) is 12.4 Å². The molecule has 4 heteroatoms. The molecule has 0 fully saturated rings. The molecule has 0 saturated carbocycles. The molecule has 0 saturated heterocycles. The lowest BCUT2D eigenvalue weighted by atomic mass is 9.98. The van der Waals surface area contributed by atoms with Gasteiger partial charge >= 0.3 is 0 Å². The zero-order chi connectivity index (χ0) is 16.9. The highest BCUT2D eigenvalue weighted by Crippen LogP contribution is 2.24. The Balaban J connectivity index is 1.69.